The lowest BCUT2D eigenvalue weighted by Gasteiger charge is -2.37. The van der Waals surface area contributed by atoms with Crippen LogP contribution in [0.1, 0.15) is 26.7 Å². The van der Waals surface area contributed by atoms with Gasteiger partial charge in [-0.15, -0.1) is 0 Å². The Morgan fingerprint density at radius 1 is 0.800 bits per heavy atom. The Morgan fingerprint density at radius 2 is 1.30 bits per heavy atom. The summed E-state index contributed by atoms with van der Waals surface area (Å²) in [5.74, 6) is 0. The summed E-state index contributed by atoms with van der Waals surface area (Å²) in [5, 5.41) is 28.5. The third-order valence-electron chi connectivity index (χ3n) is 5.60. The molecule has 0 amide bonds. The molecule has 0 N–H and O–H groups in total. The van der Waals surface area contributed by atoms with Gasteiger partial charge in [-0.1, -0.05) is 13.8 Å². The summed E-state index contributed by atoms with van der Waals surface area (Å²) in [5.41, 5.74) is 1.99. The molecule has 0 aromatic rings. The molecule has 1 aliphatic carbocycles. The van der Waals surface area contributed by atoms with Gasteiger partial charge >= 0.3 is 0 Å². The van der Waals surface area contributed by atoms with Crippen molar-refractivity contribution in [2.24, 2.45) is 5.41 Å². The van der Waals surface area contributed by atoms with Gasteiger partial charge in [0.25, 0.3) is 0 Å². The van der Waals surface area contributed by atoms with Gasteiger partial charge in [0.15, 0.2) is 0 Å². The topological polar surface area (TPSA) is 84.3 Å². The lowest BCUT2D eigenvalue weighted by atomic mass is 9.72. The van der Waals surface area contributed by atoms with Gasteiger partial charge in [0.1, 0.15) is 23.8 Å². The van der Waals surface area contributed by atoms with E-state index in [1.807, 2.05) is 19.2 Å². The second-order valence-electron chi connectivity index (χ2n) is 9.36. The van der Waals surface area contributed by atoms with Crippen molar-refractivity contribution in [3.8, 4) is 18.2 Å². The fourth-order valence-electron chi connectivity index (χ4n) is 3.57. The molecule has 0 heterocycles. The number of hydrogen-bond acceptors (Lipinski definition) is 7. The van der Waals surface area contributed by atoms with Crippen molar-refractivity contribution >= 4 is 0 Å². The number of hydrogen-bond donors (Lipinski definition) is 0. The molecule has 0 unspecified atom stereocenters. The molecule has 164 valence electrons. The minimum atomic E-state index is -0.0979. The van der Waals surface area contributed by atoms with Gasteiger partial charge in [-0.05, 0) is 46.4 Å². The number of nitriles is 3. The minimum absolute atomic E-state index is 0.0584. The summed E-state index contributed by atoms with van der Waals surface area (Å²) in [7, 11) is 10.4. The number of likely N-dealkylation sites (N-methyl/N-ethyl adjacent to an activating group) is 4. The molecule has 0 aliphatic heterocycles. The van der Waals surface area contributed by atoms with Crippen molar-refractivity contribution in [1.29, 1.82) is 15.8 Å². The van der Waals surface area contributed by atoms with Gasteiger partial charge in [0.05, 0.1) is 5.57 Å². The molecule has 0 bridgehead atoms. The lowest BCUT2D eigenvalue weighted by molar-refractivity contribution is 0.219. The van der Waals surface area contributed by atoms with Gasteiger partial charge in [0.2, 0.25) is 0 Å². The van der Waals surface area contributed by atoms with E-state index in [4.69, 9.17) is 0 Å². The van der Waals surface area contributed by atoms with E-state index in [2.05, 4.69) is 67.7 Å². The van der Waals surface area contributed by atoms with Crippen LogP contribution in [-0.2, 0) is 0 Å². The first-order valence-electron chi connectivity index (χ1n) is 10.4. The summed E-state index contributed by atoms with van der Waals surface area (Å²) in [4.78, 5) is 8.95. The molecular weight excluding hydrogens is 374 g/mol. The molecule has 1 rings (SSSR count). The van der Waals surface area contributed by atoms with E-state index in [9.17, 15) is 15.8 Å². The highest BCUT2D eigenvalue weighted by Crippen LogP contribution is 2.43. The van der Waals surface area contributed by atoms with Crippen LogP contribution in [0.5, 0.6) is 0 Å². The molecule has 1 aliphatic rings. The van der Waals surface area contributed by atoms with E-state index >= 15 is 0 Å². The van der Waals surface area contributed by atoms with Crippen molar-refractivity contribution < 1.29 is 0 Å². The van der Waals surface area contributed by atoms with Crippen LogP contribution in [0.15, 0.2) is 22.4 Å². The zero-order valence-electron chi connectivity index (χ0n) is 19.8. The van der Waals surface area contributed by atoms with Crippen LogP contribution in [0.2, 0.25) is 0 Å². The van der Waals surface area contributed by atoms with Crippen LogP contribution in [0.4, 0.5) is 0 Å². The zero-order chi connectivity index (χ0) is 22.9. The van der Waals surface area contributed by atoms with E-state index in [1.54, 1.807) is 0 Å². The minimum Gasteiger partial charge on any atom is -0.376 e. The average Bonchev–Trinajstić information content (AvgIpc) is 2.68. The summed E-state index contributed by atoms with van der Waals surface area (Å²) < 4.78 is 0. The third kappa shape index (κ3) is 7.81. The number of rotatable bonds is 10. The van der Waals surface area contributed by atoms with Gasteiger partial charge in [-0.3, -0.25) is 0 Å². The quantitative estimate of drug-likeness (QED) is 0.510. The Bertz CT molecular complexity index is 755. The first kappa shape index (κ1) is 25.7. The molecule has 7 nitrogen and oxygen atoms in total. The molecule has 30 heavy (non-hydrogen) atoms. The molecule has 0 atom stereocenters. The van der Waals surface area contributed by atoms with Crippen LogP contribution in [0.25, 0.3) is 0 Å². The van der Waals surface area contributed by atoms with Gasteiger partial charge in [0, 0.05) is 57.6 Å². The summed E-state index contributed by atoms with van der Waals surface area (Å²) in [6.45, 7) is 9.99. The fraction of sp³-hybridized carbons (Fsp3) is 0.696. The summed E-state index contributed by atoms with van der Waals surface area (Å²) in [6.07, 6.45) is 1.33. The van der Waals surface area contributed by atoms with Crippen LogP contribution >= 0.6 is 0 Å². The van der Waals surface area contributed by atoms with Crippen molar-refractivity contribution in [2.75, 3.05) is 74.5 Å². The van der Waals surface area contributed by atoms with Gasteiger partial charge < -0.3 is 19.6 Å². The highest BCUT2D eigenvalue weighted by atomic mass is 15.2. The Morgan fingerprint density at radius 3 is 1.77 bits per heavy atom. The fourth-order valence-corrected chi connectivity index (χ4v) is 3.57. The third-order valence-corrected chi connectivity index (χ3v) is 5.60. The molecule has 0 spiro atoms. The Balaban J connectivity index is 2.82. The predicted molar refractivity (Wildman–Crippen MR) is 120 cm³/mol. The Hall–Kier alpha value is -2.37. The monoisotopic (exact) mass is 411 g/mol. The van der Waals surface area contributed by atoms with E-state index in [0.29, 0.717) is 17.6 Å². The van der Waals surface area contributed by atoms with Crippen molar-refractivity contribution in [3.63, 3.8) is 0 Å². The highest BCUT2D eigenvalue weighted by molar-refractivity contribution is 5.57. The SMILES string of the molecule is CN(C)CCN(C)CCN(C)CCN(C)C1=C(C#N)C(=C(C#N)C#N)CC(C)(C)C1. The molecule has 0 fully saturated rings. The van der Waals surface area contributed by atoms with Crippen LogP contribution < -0.4 is 0 Å². The van der Waals surface area contributed by atoms with Crippen molar-refractivity contribution in [2.45, 2.75) is 26.7 Å². The van der Waals surface area contributed by atoms with Gasteiger partial charge in [-0.2, -0.15) is 15.8 Å². The van der Waals surface area contributed by atoms with E-state index in [1.165, 1.54) is 0 Å². The molecule has 0 saturated heterocycles. The van der Waals surface area contributed by atoms with Crippen LogP contribution in [0.3, 0.4) is 0 Å². The first-order valence-corrected chi connectivity index (χ1v) is 10.4. The molecule has 0 saturated carbocycles. The first-order chi connectivity index (χ1) is 14.0. The number of nitrogens with zero attached hydrogens (tertiary/aromatic N) is 7. The van der Waals surface area contributed by atoms with Crippen molar-refractivity contribution in [3.05, 3.63) is 22.4 Å². The average molecular weight is 412 g/mol. The maximum atomic E-state index is 9.80. The molecule has 0 radical (unpaired) electrons. The normalized spacial score (nSPS) is 15.9. The Labute approximate surface area is 183 Å². The van der Waals surface area contributed by atoms with Crippen molar-refractivity contribution in [1.82, 2.24) is 19.6 Å². The zero-order valence-corrected chi connectivity index (χ0v) is 19.8. The molecule has 0 aromatic carbocycles. The number of allylic oxidation sites excluding steroid dienone is 4. The maximum absolute atomic E-state index is 9.80. The lowest BCUT2D eigenvalue weighted by Crippen LogP contribution is -2.38. The van der Waals surface area contributed by atoms with E-state index in [-0.39, 0.29) is 11.0 Å². The van der Waals surface area contributed by atoms with E-state index < -0.39 is 0 Å². The maximum Gasteiger partial charge on any atom is 0.134 e. The molecule has 7 heteroatoms. The summed E-state index contributed by atoms with van der Waals surface area (Å²) in [6, 6.07) is 6.23. The van der Waals surface area contributed by atoms with E-state index in [0.717, 1.165) is 51.4 Å². The van der Waals surface area contributed by atoms with Crippen LogP contribution in [0, 0.1) is 39.4 Å². The smallest absolute Gasteiger partial charge is 0.134 e. The molecular formula is C23H37N7. The standard InChI is InChI=1S/C23H37N7/c1-23(2)14-20(19(16-24)17-25)21(18-26)22(15-23)30(7)13-12-29(6)11-10-28(5)9-8-27(3)4/h8-15H2,1-7H3. The second-order valence-corrected chi connectivity index (χ2v) is 9.36. The largest absolute Gasteiger partial charge is 0.376 e. The highest BCUT2D eigenvalue weighted by Gasteiger charge is 2.34. The van der Waals surface area contributed by atoms with Gasteiger partial charge in [-0.25, -0.2) is 0 Å². The Kier molecular flexibility index (Phi) is 10.0. The second kappa shape index (κ2) is 11.7. The summed E-state index contributed by atoms with van der Waals surface area (Å²) >= 11 is 0. The predicted octanol–water partition coefficient (Wildman–Crippen LogP) is 2.28. The molecule has 0 aromatic heterocycles. The van der Waals surface area contributed by atoms with Crippen LogP contribution in [-0.4, -0.2) is 94.1 Å².